The number of amides is 1. The molecule has 2 N–H and O–H groups in total. The maximum Gasteiger partial charge on any atom is 0.252 e. The zero-order chi connectivity index (χ0) is 15.4. The summed E-state index contributed by atoms with van der Waals surface area (Å²) >= 11 is 0. The fourth-order valence-electron chi connectivity index (χ4n) is 1.87. The highest BCUT2D eigenvalue weighted by Gasteiger charge is 2.14. The summed E-state index contributed by atoms with van der Waals surface area (Å²) in [6, 6.07) is 8.51. The largest absolute Gasteiger partial charge is 0.386 e. The Hall–Kier alpha value is -2.47. The van der Waals surface area contributed by atoms with Gasteiger partial charge in [-0.2, -0.15) is 0 Å². The molecule has 2 aromatic rings. The van der Waals surface area contributed by atoms with Crippen LogP contribution in [0.25, 0.3) is 0 Å². The zero-order valence-corrected chi connectivity index (χ0v) is 11.4. The number of aryl methyl sites for hydroxylation is 1. The van der Waals surface area contributed by atoms with Crippen molar-refractivity contribution in [3.63, 3.8) is 0 Å². The van der Waals surface area contributed by atoms with Gasteiger partial charge in [0.15, 0.2) is 0 Å². The molecule has 1 aromatic carbocycles. The molecule has 0 aliphatic heterocycles. The Morgan fingerprint density at radius 3 is 2.71 bits per heavy atom. The van der Waals surface area contributed by atoms with Gasteiger partial charge in [-0.25, -0.2) is 4.39 Å². The SMILES string of the molecule is Cn1cc(C(=O)NCC(O)c2ccccc2F)ccc1=O. The van der Waals surface area contributed by atoms with E-state index in [1.165, 1.54) is 48.1 Å². The first-order chi connectivity index (χ1) is 9.99. The van der Waals surface area contributed by atoms with Gasteiger partial charge < -0.3 is 15.0 Å². The van der Waals surface area contributed by atoms with Crippen LogP contribution < -0.4 is 10.9 Å². The van der Waals surface area contributed by atoms with Crippen molar-refractivity contribution in [3.05, 3.63) is 69.9 Å². The summed E-state index contributed by atoms with van der Waals surface area (Å²) in [5.74, 6) is -0.970. The monoisotopic (exact) mass is 290 g/mol. The Kier molecular flexibility index (Phi) is 4.49. The average molecular weight is 290 g/mol. The van der Waals surface area contributed by atoms with E-state index in [-0.39, 0.29) is 23.2 Å². The molecule has 5 nitrogen and oxygen atoms in total. The van der Waals surface area contributed by atoms with Gasteiger partial charge in [0.2, 0.25) is 5.56 Å². The third-order valence-electron chi connectivity index (χ3n) is 3.07. The van der Waals surface area contributed by atoms with Crippen LogP contribution in [0.2, 0.25) is 0 Å². The number of nitrogens with one attached hydrogen (secondary N) is 1. The molecule has 0 saturated heterocycles. The molecular formula is C15H15FN2O3. The number of carbonyl (C=O) groups is 1. The van der Waals surface area contributed by atoms with Crippen LogP contribution >= 0.6 is 0 Å². The molecule has 1 aromatic heterocycles. The second-order valence-corrected chi connectivity index (χ2v) is 4.61. The number of nitrogens with zero attached hydrogens (tertiary/aromatic N) is 1. The Labute approximate surface area is 120 Å². The second-order valence-electron chi connectivity index (χ2n) is 4.61. The van der Waals surface area contributed by atoms with Gasteiger partial charge in [0.1, 0.15) is 5.82 Å². The van der Waals surface area contributed by atoms with E-state index in [9.17, 15) is 19.1 Å². The Morgan fingerprint density at radius 1 is 1.33 bits per heavy atom. The maximum absolute atomic E-state index is 13.5. The van der Waals surface area contributed by atoms with Gasteiger partial charge in [-0.1, -0.05) is 18.2 Å². The topological polar surface area (TPSA) is 71.3 Å². The van der Waals surface area contributed by atoms with Crippen molar-refractivity contribution in [1.29, 1.82) is 0 Å². The van der Waals surface area contributed by atoms with Gasteiger partial charge >= 0.3 is 0 Å². The molecular weight excluding hydrogens is 275 g/mol. The van der Waals surface area contributed by atoms with Gasteiger partial charge in [-0.3, -0.25) is 9.59 Å². The summed E-state index contributed by atoms with van der Waals surface area (Å²) in [7, 11) is 1.54. The van der Waals surface area contributed by atoms with Gasteiger partial charge in [0.05, 0.1) is 11.7 Å². The molecule has 1 amide bonds. The van der Waals surface area contributed by atoms with Gasteiger partial charge in [0.25, 0.3) is 5.91 Å². The summed E-state index contributed by atoms with van der Waals surface area (Å²) in [5, 5.41) is 12.4. The van der Waals surface area contributed by atoms with E-state index >= 15 is 0 Å². The van der Waals surface area contributed by atoms with Gasteiger partial charge in [0, 0.05) is 31.4 Å². The Morgan fingerprint density at radius 2 is 2.05 bits per heavy atom. The number of hydrogen-bond donors (Lipinski definition) is 2. The maximum atomic E-state index is 13.5. The minimum Gasteiger partial charge on any atom is -0.386 e. The van der Waals surface area contributed by atoms with E-state index in [2.05, 4.69) is 5.32 Å². The normalized spacial score (nSPS) is 12.0. The molecule has 21 heavy (non-hydrogen) atoms. The summed E-state index contributed by atoms with van der Waals surface area (Å²) < 4.78 is 14.8. The van der Waals surface area contributed by atoms with Crippen LogP contribution in [0.1, 0.15) is 22.0 Å². The predicted molar refractivity (Wildman–Crippen MR) is 75.4 cm³/mol. The number of pyridine rings is 1. The van der Waals surface area contributed by atoms with E-state index < -0.39 is 17.8 Å². The molecule has 0 bridgehead atoms. The standard InChI is InChI=1S/C15H15FN2O3/c1-18-9-10(6-7-14(18)20)15(21)17-8-13(19)11-4-2-3-5-12(11)16/h2-7,9,13,19H,8H2,1H3,(H,17,21). The molecule has 0 aliphatic rings. The molecule has 0 fully saturated rings. The lowest BCUT2D eigenvalue weighted by Crippen LogP contribution is -2.30. The quantitative estimate of drug-likeness (QED) is 0.882. The number of hydrogen-bond acceptors (Lipinski definition) is 3. The second kappa shape index (κ2) is 6.32. The molecule has 2 rings (SSSR count). The summed E-state index contributed by atoms with van der Waals surface area (Å²) in [6.45, 7) is -0.122. The van der Waals surface area contributed by atoms with Crippen molar-refractivity contribution in [2.45, 2.75) is 6.10 Å². The fraction of sp³-hybridized carbons (Fsp3) is 0.200. The molecule has 1 heterocycles. The fourth-order valence-corrected chi connectivity index (χ4v) is 1.87. The Balaban J connectivity index is 2.02. The van der Waals surface area contributed by atoms with Crippen molar-refractivity contribution in [3.8, 4) is 0 Å². The van der Waals surface area contributed by atoms with E-state index in [0.717, 1.165) is 0 Å². The first kappa shape index (κ1) is 14.9. The Bertz CT molecular complexity index is 712. The number of halogens is 1. The molecule has 6 heteroatoms. The van der Waals surface area contributed by atoms with E-state index in [4.69, 9.17) is 0 Å². The molecule has 1 unspecified atom stereocenters. The lowest BCUT2D eigenvalue weighted by Gasteiger charge is -2.13. The lowest BCUT2D eigenvalue weighted by molar-refractivity contribution is 0.0913. The van der Waals surface area contributed by atoms with Crippen molar-refractivity contribution in [2.75, 3.05) is 6.54 Å². The number of aromatic nitrogens is 1. The predicted octanol–water partition coefficient (Wildman–Crippen LogP) is 0.988. The van der Waals surface area contributed by atoms with Crippen LogP contribution in [0.3, 0.4) is 0 Å². The van der Waals surface area contributed by atoms with Crippen molar-refractivity contribution >= 4 is 5.91 Å². The molecule has 110 valence electrons. The summed E-state index contributed by atoms with van der Waals surface area (Å²) in [6.07, 6.45) is 0.260. The highest BCUT2D eigenvalue weighted by atomic mass is 19.1. The van der Waals surface area contributed by atoms with Crippen molar-refractivity contribution < 1.29 is 14.3 Å². The van der Waals surface area contributed by atoms with Gasteiger partial charge in [-0.05, 0) is 12.1 Å². The molecule has 0 saturated carbocycles. The smallest absolute Gasteiger partial charge is 0.252 e. The third-order valence-corrected chi connectivity index (χ3v) is 3.07. The number of aliphatic hydroxyl groups excluding tert-OH is 1. The van der Waals surface area contributed by atoms with Crippen LogP contribution in [-0.2, 0) is 7.05 Å². The van der Waals surface area contributed by atoms with E-state index in [1.54, 1.807) is 6.07 Å². The minimum atomic E-state index is -1.14. The molecule has 0 radical (unpaired) electrons. The number of carbonyl (C=O) groups excluding carboxylic acids is 1. The van der Waals surface area contributed by atoms with E-state index in [1.807, 2.05) is 0 Å². The average Bonchev–Trinajstić information content (AvgIpc) is 2.47. The van der Waals surface area contributed by atoms with Crippen LogP contribution in [0.15, 0.2) is 47.4 Å². The summed E-state index contributed by atoms with van der Waals surface area (Å²) in [5.41, 5.74) is 0.189. The van der Waals surface area contributed by atoms with Gasteiger partial charge in [-0.15, -0.1) is 0 Å². The van der Waals surface area contributed by atoms with Crippen LogP contribution in [0.4, 0.5) is 4.39 Å². The van der Waals surface area contributed by atoms with E-state index in [0.29, 0.717) is 0 Å². The highest BCUT2D eigenvalue weighted by molar-refractivity contribution is 5.93. The lowest BCUT2D eigenvalue weighted by atomic mass is 10.1. The van der Waals surface area contributed by atoms with Crippen molar-refractivity contribution in [1.82, 2.24) is 9.88 Å². The number of rotatable bonds is 4. The summed E-state index contributed by atoms with van der Waals surface area (Å²) in [4.78, 5) is 23.1. The first-order valence-electron chi connectivity index (χ1n) is 6.36. The highest BCUT2D eigenvalue weighted by Crippen LogP contribution is 2.15. The molecule has 1 atom stereocenters. The number of benzene rings is 1. The molecule has 0 aliphatic carbocycles. The van der Waals surface area contributed by atoms with Crippen LogP contribution in [0, 0.1) is 5.82 Å². The van der Waals surface area contributed by atoms with Crippen molar-refractivity contribution in [2.24, 2.45) is 7.05 Å². The first-order valence-corrected chi connectivity index (χ1v) is 6.36. The minimum absolute atomic E-state index is 0.122. The van der Waals surface area contributed by atoms with Crippen LogP contribution in [-0.4, -0.2) is 22.1 Å². The zero-order valence-electron chi connectivity index (χ0n) is 11.4. The number of aliphatic hydroxyl groups is 1. The third kappa shape index (κ3) is 3.55. The van der Waals surface area contributed by atoms with Crippen LogP contribution in [0.5, 0.6) is 0 Å². The molecule has 0 spiro atoms.